The van der Waals surface area contributed by atoms with Crippen LogP contribution in [0.25, 0.3) is 0 Å². The maximum absolute atomic E-state index is 12.5. The molecule has 1 saturated carbocycles. The lowest BCUT2D eigenvalue weighted by molar-refractivity contribution is -0.143. The molecule has 0 bridgehead atoms. The Kier molecular flexibility index (Phi) is 38.4. The molecular weight excluding hydrogens is 1510 g/mol. The van der Waals surface area contributed by atoms with Gasteiger partial charge in [0.15, 0.2) is 6.10 Å². The number of ether oxygens (including phenoxy) is 14. The van der Waals surface area contributed by atoms with Gasteiger partial charge in [0.1, 0.15) is 96.0 Å². The Balaban J connectivity index is 0.000000311. The Morgan fingerprint density at radius 1 is 0.310 bits per heavy atom. The van der Waals surface area contributed by atoms with Gasteiger partial charge in [0.25, 0.3) is 0 Å². The van der Waals surface area contributed by atoms with Crippen LogP contribution in [0, 0.1) is 0 Å². The number of carbonyl (C=O) groups is 13. The van der Waals surface area contributed by atoms with Crippen molar-refractivity contribution in [1.82, 2.24) is 0 Å². The third-order valence-corrected chi connectivity index (χ3v) is 16.1. The minimum atomic E-state index is -1.19. The summed E-state index contributed by atoms with van der Waals surface area (Å²) in [4.78, 5) is 154. The standard InChI is InChI=1S/C32H36O8.C28H30O11.C27H26O10/c1-22(2)28(33)37-18-20-39-30(35)24-8-12-26(13-9-24)32(16-6-5-7-17-32)27-14-10-25(11-15-27)31(36)40-21-19-38-29(34)23(3)4;1-17(2)25(31)35-14-21(30)15-36-27(33)19-5-9-22(10-6-19)38-23-11-7-20(8-12-23)28(34)39-24(13-29)16-37-26(32)18(3)4;1-17(2)23(28)33-13-15-35-25(30)19-5-7-21(8-6-19)27(32)37-22-11-9-20(10-12-22)26(31)36-16-14-34-24(29)18(3)4/h8-15H,1,3,5-7,16-21H2,2,4H3;5-12,21,24,29-30H,1,3,13-16H2,2,4H3;5-12H,1,3,13-16H2,2,4H3. The van der Waals surface area contributed by atoms with Gasteiger partial charge in [-0.15, -0.1) is 0 Å². The molecule has 29 nitrogen and oxygen atoms in total. The summed E-state index contributed by atoms with van der Waals surface area (Å²) in [6.07, 6.45) is 2.96. The van der Waals surface area contributed by atoms with E-state index < -0.39 is 96.4 Å². The van der Waals surface area contributed by atoms with E-state index >= 15 is 0 Å². The van der Waals surface area contributed by atoms with Gasteiger partial charge >= 0.3 is 77.6 Å². The molecule has 1 aliphatic rings. The Labute approximate surface area is 669 Å². The van der Waals surface area contributed by atoms with E-state index in [4.69, 9.17) is 66.3 Å². The van der Waals surface area contributed by atoms with Crippen LogP contribution in [0.15, 0.2) is 219 Å². The fourth-order valence-corrected chi connectivity index (χ4v) is 9.91. The van der Waals surface area contributed by atoms with Crippen LogP contribution in [-0.4, -0.2) is 179 Å². The second-order valence-electron chi connectivity index (χ2n) is 25.9. The molecule has 0 aromatic heterocycles. The van der Waals surface area contributed by atoms with Crippen LogP contribution >= 0.6 is 0 Å². The van der Waals surface area contributed by atoms with Crippen molar-refractivity contribution in [2.45, 2.75) is 91.3 Å². The van der Waals surface area contributed by atoms with Crippen LogP contribution < -0.4 is 9.47 Å². The van der Waals surface area contributed by atoms with Gasteiger partial charge < -0.3 is 76.5 Å². The molecule has 2 unspecified atom stereocenters. The van der Waals surface area contributed by atoms with Crippen LogP contribution in [0.3, 0.4) is 0 Å². The van der Waals surface area contributed by atoms with Crippen molar-refractivity contribution in [3.63, 3.8) is 0 Å². The molecule has 0 radical (unpaired) electrons. The van der Waals surface area contributed by atoms with Crippen molar-refractivity contribution in [3.05, 3.63) is 269 Å². The molecule has 29 heteroatoms. The van der Waals surface area contributed by atoms with Crippen LogP contribution in [-0.2, 0) is 91.0 Å². The molecule has 6 aromatic rings. The molecule has 1 fully saturated rings. The van der Waals surface area contributed by atoms with E-state index in [0.29, 0.717) is 22.6 Å². The number of carbonyl (C=O) groups excluding carboxylic acids is 13. The Morgan fingerprint density at radius 2 is 0.560 bits per heavy atom. The first-order valence-corrected chi connectivity index (χ1v) is 36.0. The number of aliphatic hydroxyl groups excluding tert-OH is 2. The topological polar surface area (TPSA) is 392 Å². The SMILES string of the molecule is C=C(C)C(=O)OCC(O)COC(=O)c1ccc(Oc2ccc(C(=O)OC(CO)COC(=O)C(=C)C)cc2)cc1.C=C(C)C(=O)OCCOC(=O)c1ccc(C2(c3ccc(C(=O)OCCOC(=O)C(=C)C)cc3)CCCCC2)cc1.C=C(C)C(=O)OCCOC(=O)c1ccc(OC(=O)c2ccc(C(=O)OCCOC(=O)C(=C)C)cc2)cc1. The number of rotatable bonds is 38. The Morgan fingerprint density at radius 3 is 0.879 bits per heavy atom. The lowest BCUT2D eigenvalue weighted by atomic mass is 9.65. The van der Waals surface area contributed by atoms with Crippen molar-refractivity contribution >= 4 is 77.6 Å². The Bertz CT molecular complexity index is 4410. The van der Waals surface area contributed by atoms with Gasteiger partial charge in [0.2, 0.25) is 0 Å². The number of hydrogen-bond donors (Lipinski definition) is 2. The highest BCUT2D eigenvalue weighted by Gasteiger charge is 2.36. The molecule has 2 N–H and O–H groups in total. The first-order valence-electron chi connectivity index (χ1n) is 36.0. The number of aliphatic hydroxyl groups is 2. The summed E-state index contributed by atoms with van der Waals surface area (Å²) in [5.74, 6) is -6.91. The lowest BCUT2D eigenvalue weighted by Gasteiger charge is -2.38. The van der Waals surface area contributed by atoms with Crippen LogP contribution in [0.5, 0.6) is 17.2 Å². The molecular formula is C87H92O29. The third kappa shape index (κ3) is 31.6. The second-order valence-corrected chi connectivity index (χ2v) is 25.9. The highest BCUT2D eigenvalue weighted by molar-refractivity contribution is 5.96. The molecule has 0 amide bonds. The fourth-order valence-electron chi connectivity index (χ4n) is 9.91. The number of benzene rings is 6. The van der Waals surface area contributed by atoms with Gasteiger partial charge in [-0.25, -0.2) is 62.3 Å². The van der Waals surface area contributed by atoms with E-state index in [0.717, 1.165) is 43.2 Å². The van der Waals surface area contributed by atoms with Crippen molar-refractivity contribution in [2.75, 3.05) is 79.3 Å². The number of esters is 13. The minimum Gasteiger partial charge on any atom is -0.459 e. The van der Waals surface area contributed by atoms with E-state index in [9.17, 15) is 72.5 Å². The van der Waals surface area contributed by atoms with E-state index in [1.807, 2.05) is 24.3 Å². The van der Waals surface area contributed by atoms with E-state index in [1.54, 1.807) is 38.1 Å². The normalized spacial score (nSPS) is 12.0. The van der Waals surface area contributed by atoms with Gasteiger partial charge in [-0.3, -0.25) is 0 Å². The molecule has 2 atom stereocenters. The lowest BCUT2D eigenvalue weighted by Crippen LogP contribution is -2.30. The van der Waals surface area contributed by atoms with Crippen LogP contribution in [0.1, 0.15) is 157 Å². The minimum absolute atomic E-state index is 0.0371. The average molecular weight is 1600 g/mol. The number of hydrogen-bond acceptors (Lipinski definition) is 29. The van der Waals surface area contributed by atoms with E-state index in [-0.39, 0.29) is 145 Å². The molecule has 0 spiro atoms. The van der Waals surface area contributed by atoms with Gasteiger partial charge in [0.05, 0.1) is 45.6 Å². The third-order valence-electron chi connectivity index (χ3n) is 16.1. The average Bonchev–Trinajstić information content (AvgIpc) is 0.767. The maximum atomic E-state index is 12.5. The summed E-state index contributed by atoms with van der Waals surface area (Å²) < 4.78 is 70.9. The van der Waals surface area contributed by atoms with Gasteiger partial charge in [0, 0.05) is 38.9 Å². The first-order chi connectivity index (χ1) is 55.2. The molecule has 0 aliphatic heterocycles. The molecule has 6 aromatic carbocycles. The van der Waals surface area contributed by atoms with Gasteiger partial charge in [-0.1, -0.05) is 83.0 Å². The summed E-state index contributed by atoms with van der Waals surface area (Å²) >= 11 is 0. The van der Waals surface area contributed by atoms with Crippen LogP contribution in [0.4, 0.5) is 0 Å². The summed E-state index contributed by atoms with van der Waals surface area (Å²) in [5.41, 5.74) is 5.15. The molecule has 0 saturated heterocycles. The molecule has 116 heavy (non-hydrogen) atoms. The summed E-state index contributed by atoms with van der Waals surface area (Å²) in [6.45, 7) is 27.6. The molecule has 614 valence electrons. The zero-order valence-corrected chi connectivity index (χ0v) is 65.2. The predicted octanol–water partition coefficient (Wildman–Crippen LogP) is 11.7. The summed E-state index contributed by atoms with van der Waals surface area (Å²) in [6, 6.07) is 38.0. The predicted molar refractivity (Wildman–Crippen MR) is 416 cm³/mol. The quantitative estimate of drug-likeness (QED) is 0.0119. The molecule has 7 rings (SSSR count). The highest BCUT2D eigenvalue weighted by atomic mass is 16.6. The summed E-state index contributed by atoms with van der Waals surface area (Å²) in [5, 5.41) is 19.2. The summed E-state index contributed by atoms with van der Waals surface area (Å²) in [7, 11) is 0. The molecule has 1 aliphatic carbocycles. The van der Waals surface area contributed by atoms with Crippen molar-refractivity contribution in [2.24, 2.45) is 0 Å². The van der Waals surface area contributed by atoms with Crippen LogP contribution in [0.2, 0.25) is 0 Å². The zero-order valence-electron chi connectivity index (χ0n) is 65.2. The maximum Gasteiger partial charge on any atom is 0.343 e. The van der Waals surface area contributed by atoms with Crippen molar-refractivity contribution in [1.29, 1.82) is 0 Å². The van der Waals surface area contributed by atoms with E-state index in [2.05, 4.69) is 39.5 Å². The highest BCUT2D eigenvalue weighted by Crippen LogP contribution is 2.45. The monoisotopic (exact) mass is 1600 g/mol. The van der Waals surface area contributed by atoms with Gasteiger partial charge in [-0.2, -0.15) is 0 Å². The largest absolute Gasteiger partial charge is 0.459 e. The zero-order chi connectivity index (χ0) is 85.4. The van der Waals surface area contributed by atoms with Crippen molar-refractivity contribution in [3.8, 4) is 17.2 Å². The van der Waals surface area contributed by atoms with E-state index in [1.165, 1.54) is 125 Å². The van der Waals surface area contributed by atoms with Gasteiger partial charge in [-0.05, 0) is 187 Å². The first kappa shape index (κ1) is 93.2. The van der Waals surface area contributed by atoms with Crippen molar-refractivity contribution < 1.29 is 139 Å². The second kappa shape index (κ2) is 47.8. The smallest absolute Gasteiger partial charge is 0.343 e. The molecule has 0 heterocycles. The Hall–Kier alpha value is -13.4. The fraction of sp³-hybridized carbons (Fsp3) is 0.299.